The summed E-state index contributed by atoms with van der Waals surface area (Å²) in [6.45, 7) is 1.95. The van der Waals surface area contributed by atoms with Gasteiger partial charge < -0.3 is 14.6 Å². The number of amides is 1. The van der Waals surface area contributed by atoms with Crippen LogP contribution in [0.15, 0.2) is 35.5 Å². The second kappa shape index (κ2) is 9.07. The minimum atomic E-state index is -0.222. The largest absolute Gasteiger partial charge is 0.483 e. The highest BCUT2D eigenvalue weighted by molar-refractivity contribution is 7.99. The number of nitrogens with one attached hydrogen (secondary N) is 1. The molecule has 26 heavy (non-hydrogen) atoms. The fraction of sp³-hybridized carbons (Fsp3) is 0.526. The van der Waals surface area contributed by atoms with Gasteiger partial charge in [0.15, 0.2) is 17.1 Å². The van der Waals surface area contributed by atoms with Gasteiger partial charge in [-0.25, -0.2) is 0 Å². The van der Waals surface area contributed by atoms with E-state index in [1.54, 1.807) is 0 Å². The van der Waals surface area contributed by atoms with Gasteiger partial charge in [0.25, 0.3) is 0 Å². The van der Waals surface area contributed by atoms with Gasteiger partial charge in [0.2, 0.25) is 5.91 Å². The van der Waals surface area contributed by atoms with Crippen molar-refractivity contribution in [3.05, 3.63) is 36.2 Å². The third-order valence-corrected chi connectivity index (χ3v) is 5.61. The normalized spacial score (nSPS) is 16.2. The SMILES string of the molecule is C[C@H](Oc1ccccc1)c1nnc(SCC(=O)NC2CCCCC2)n1C. The van der Waals surface area contributed by atoms with E-state index >= 15 is 0 Å². The van der Waals surface area contributed by atoms with Crippen LogP contribution >= 0.6 is 11.8 Å². The molecule has 0 bridgehead atoms. The smallest absolute Gasteiger partial charge is 0.230 e. The maximum atomic E-state index is 12.2. The van der Waals surface area contributed by atoms with E-state index in [-0.39, 0.29) is 12.0 Å². The molecule has 1 fully saturated rings. The minimum absolute atomic E-state index is 0.0695. The number of para-hydroxylation sites is 1. The van der Waals surface area contributed by atoms with Crippen LogP contribution in [-0.2, 0) is 11.8 Å². The number of ether oxygens (including phenoxy) is 1. The van der Waals surface area contributed by atoms with Gasteiger partial charge >= 0.3 is 0 Å². The van der Waals surface area contributed by atoms with Gasteiger partial charge in [0, 0.05) is 13.1 Å². The molecule has 7 heteroatoms. The molecule has 1 saturated carbocycles. The average Bonchev–Trinajstić information content (AvgIpc) is 3.02. The van der Waals surface area contributed by atoms with Crippen LogP contribution in [0.25, 0.3) is 0 Å². The molecule has 1 aromatic carbocycles. The van der Waals surface area contributed by atoms with Crippen LogP contribution in [-0.4, -0.2) is 32.5 Å². The minimum Gasteiger partial charge on any atom is -0.483 e. The summed E-state index contributed by atoms with van der Waals surface area (Å²) in [6.07, 6.45) is 5.68. The molecule has 0 spiro atoms. The molecular formula is C19H26N4O2S. The molecule has 6 nitrogen and oxygen atoms in total. The fourth-order valence-corrected chi connectivity index (χ4v) is 3.94. The average molecular weight is 375 g/mol. The number of hydrogen-bond donors (Lipinski definition) is 1. The van der Waals surface area contributed by atoms with Gasteiger partial charge in [-0.3, -0.25) is 4.79 Å². The molecule has 140 valence electrons. The van der Waals surface area contributed by atoms with Crippen LogP contribution in [0, 0.1) is 0 Å². The highest BCUT2D eigenvalue weighted by atomic mass is 32.2. The van der Waals surface area contributed by atoms with Crippen LogP contribution in [0.5, 0.6) is 5.75 Å². The second-order valence-corrected chi connectivity index (χ2v) is 7.61. The molecule has 2 aromatic rings. The van der Waals surface area contributed by atoms with Crippen molar-refractivity contribution in [2.75, 3.05) is 5.75 Å². The second-order valence-electron chi connectivity index (χ2n) is 6.66. The predicted octanol–water partition coefficient (Wildman–Crippen LogP) is 3.50. The summed E-state index contributed by atoms with van der Waals surface area (Å²) in [4.78, 5) is 12.2. The Kier molecular flexibility index (Phi) is 6.55. The molecule has 1 aliphatic rings. The zero-order valence-electron chi connectivity index (χ0n) is 15.4. The molecule has 0 radical (unpaired) electrons. The maximum Gasteiger partial charge on any atom is 0.230 e. The Morgan fingerprint density at radius 2 is 2.00 bits per heavy atom. The molecule has 1 aromatic heterocycles. The topological polar surface area (TPSA) is 69.0 Å². The van der Waals surface area contributed by atoms with Gasteiger partial charge in [-0.1, -0.05) is 49.2 Å². The summed E-state index contributed by atoms with van der Waals surface area (Å²) in [5.41, 5.74) is 0. The summed E-state index contributed by atoms with van der Waals surface area (Å²) in [7, 11) is 1.90. The summed E-state index contributed by atoms with van der Waals surface area (Å²) >= 11 is 1.41. The number of aromatic nitrogens is 3. The third-order valence-electron chi connectivity index (χ3n) is 4.59. The van der Waals surface area contributed by atoms with Gasteiger partial charge in [-0.05, 0) is 31.9 Å². The van der Waals surface area contributed by atoms with E-state index in [1.807, 2.05) is 48.9 Å². The van der Waals surface area contributed by atoms with Crippen LogP contribution in [0.3, 0.4) is 0 Å². The van der Waals surface area contributed by atoms with Crippen LogP contribution in [0.1, 0.15) is 51.0 Å². The van der Waals surface area contributed by atoms with E-state index in [0.717, 1.165) is 29.6 Å². The molecular weight excluding hydrogens is 348 g/mol. The van der Waals surface area contributed by atoms with Crippen molar-refractivity contribution >= 4 is 17.7 Å². The molecule has 1 N–H and O–H groups in total. The summed E-state index contributed by atoms with van der Waals surface area (Å²) < 4.78 is 7.80. The molecule has 0 aliphatic heterocycles. The lowest BCUT2D eigenvalue weighted by atomic mass is 9.95. The van der Waals surface area contributed by atoms with Crippen LogP contribution in [0.4, 0.5) is 0 Å². The Morgan fingerprint density at radius 3 is 2.73 bits per heavy atom. The lowest BCUT2D eigenvalue weighted by Gasteiger charge is -2.22. The van der Waals surface area contributed by atoms with Gasteiger partial charge in [-0.2, -0.15) is 0 Å². The first kappa shape index (κ1) is 18.8. The number of thioether (sulfide) groups is 1. The quantitative estimate of drug-likeness (QED) is 0.751. The van der Waals surface area contributed by atoms with E-state index < -0.39 is 0 Å². The summed E-state index contributed by atoms with van der Waals surface area (Å²) in [5.74, 6) is 1.96. The van der Waals surface area contributed by atoms with Gasteiger partial charge in [-0.15, -0.1) is 10.2 Å². The highest BCUT2D eigenvalue weighted by Gasteiger charge is 2.19. The predicted molar refractivity (Wildman–Crippen MR) is 102 cm³/mol. The fourth-order valence-electron chi connectivity index (χ4n) is 3.21. The van der Waals surface area contributed by atoms with Crippen LogP contribution in [0.2, 0.25) is 0 Å². The van der Waals surface area contributed by atoms with Crippen molar-refractivity contribution in [1.82, 2.24) is 20.1 Å². The Labute approximate surface area is 158 Å². The lowest BCUT2D eigenvalue weighted by molar-refractivity contribution is -0.119. The highest BCUT2D eigenvalue weighted by Crippen LogP contribution is 2.23. The van der Waals surface area contributed by atoms with E-state index in [4.69, 9.17) is 4.74 Å². The van der Waals surface area contributed by atoms with Gasteiger partial charge in [0.1, 0.15) is 5.75 Å². The standard InChI is InChI=1S/C19H26N4O2S/c1-14(25-16-11-7-4-8-12-16)18-21-22-19(23(18)2)26-13-17(24)20-15-9-5-3-6-10-15/h4,7-8,11-12,14-15H,3,5-6,9-10,13H2,1-2H3,(H,20,24)/t14-/m0/s1. The molecule has 1 aliphatic carbocycles. The molecule has 3 rings (SSSR count). The van der Waals surface area contributed by atoms with E-state index in [1.165, 1.54) is 31.0 Å². The first-order valence-corrected chi connectivity index (χ1v) is 10.1. The van der Waals surface area contributed by atoms with Crippen molar-refractivity contribution in [1.29, 1.82) is 0 Å². The zero-order chi connectivity index (χ0) is 18.4. The zero-order valence-corrected chi connectivity index (χ0v) is 16.2. The molecule has 0 saturated heterocycles. The molecule has 0 unspecified atom stereocenters. The first-order valence-electron chi connectivity index (χ1n) is 9.16. The van der Waals surface area contributed by atoms with Crippen LogP contribution < -0.4 is 10.1 Å². The van der Waals surface area contributed by atoms with Crippen molar-refractivity contribution in [3.8, 4) is 5.75 Å². The van der Waals surface area contributed by atoms with E-state index in [9.17, 15) is 4.79 Å². The molecule has 1 atom stereocenters. The Balaban J connectivity index is 1.52. The lowest BCUT2D eigenvalue weighted by Crippen LogP contribution is -2.37. The third kappa shape index (κ3) is 5.00. The number of carbonyl (C=O) groups is 1. The Morgan fingerprint density at radius 1 is 1.27 bits per heavy atom. The van der Waals surface area contributed by atoms with Crippen molar-refractivity contribution in [2.45, 2.75) is 56.3 Å². The molecule has 1 amide bonds. The van der Waals surface area contributed by atoms with Gasteiger partial charge in [0.05, 0.1) is 5.75 Å². The number of hydrogen-bond acceptors (Lipinski definition) is 5. The maximum absolute atomic E-state index is 12.2. The number of carbonyl (C=O) groups excluding carboxylic acids is 1. The summed E-state index contributed by atoms with van der Waals surface area (Å²) in [6, 6.07) is 9.99. The summed E-state index contributed by atoms with van der Waals surface area (Å²) in [5, 5.41) is 12.3. The number of rotatable bonds is 7. The van der Waals surface area contributed by atoms with Crippen molar-refractivity contribution in [3.63, 3.8) is 0 Å². The Hall–Kier alpha value is -2.02. The van der Waals surface area contributed by atoms with E-state index in [0.29, 0.717) is 11.8 Å². The van der Waals surface area contributed by atoms with Crippen molar-refractivity contribution in [2.24, 2.45) is 7.05 Å². The van der Waals surface area contributed by atoms with E-state index in [2.05, 4.69) is 15.5 Å². The number of benzene rings is 1. The number of nitrogens with zero attached hydrogens (tertiary/aromatic N) is 3. The Bertz CT molecular complexity index is 714. The first-order chi connectivity index (χ1) is 12.6. The van der Waals surface area contributed by atoms with Crippen molar-refractivity contribution < 1.29 is 9.53 Å². The monoisotopic (exact) mass is 374 g/mol. The molecule has 1 heterocycles.